The van der Waals surface area contributed by atoms with E-state index in [0.29, 0.717) is 18.3 Å². The molecule has 1 unspecified atom stereocenters. The molecule has 2 aromatic heterocycles. The first kappa shape index (κ1) is 14.2. The Labute approximate surface area is 133 Å². The molecule has 8 heteroatoms. The van der Waals surface area contributed by atoms with Crippen LogP contribution in [0.4, 0.5) is 10.7 Å². The SMILES string of the molecule is Cc1cc(NC(=O)N2CCCC(c3n[nH]c(C4CC4)n3)C2)on1. The van der Waals surface area contributed by atoms with Crippen LogP contribution in [0.2, 0.25) is 0 Å². The van der Waals surface area contributed by atoms with Crippen LogP contribution in [-0.2, 0) is 0 Å². The van der Waals surface area contributed by atoms with Crippen LogP contribution in [0.3, 0.4) is 0 Å². The van der Waals surface area contributed by atoms with Gasteiger partial charge in [0.1, 0.15) is 5.82 Å². The van der Waals surface area contributed by atoms with Crippen LogP contribution in [0, 0.1) is 6.92 Å². The lowest BCUT2D eigenvalue weighted by molar-refractivity contribution is 0.190. The summed E-state index contributed by atoms with van der Waals surface area (Å²) in [4.78, 5) is 18.8. The number of urea groups is 1. The maximum absolute atomic E-state index is 12.4. The van der Waals surface area contributed by atoms with E-state index in [1.165, 1.54) is 12.8 Å². The van der Waals surface area contributed by atoms with Crippen molar-refractivity contribution in [1.29, 1.82) is 0 Å². The molecule has 0 bridgehead atoms. The van der Waals surface area contributed by atoms with Crippen molar-refractivity contribution in [2.45, 2.75) is 44.4 Å². The third-order valence-corrected chi connectivity index (χ3v) is 4.42. The van der Waals surface area contributed by atoms with Crippen molar-refractivity contribution in [2.24, 2.45) is 0 Å². The highest BCUT2D eigenvalue weighted by Gasteiger charge is 2.31. The average Bonchev–Trinajstić information content (AvgIpc) is 3.15. The number of likely N-dealkylation sites (tertiary alicyclic amines) is 1. The molecule has 2 fully saturated rings. The summed E-state index contributed by atoms with van der Waals surface area (Å²) in [6.45, 7) is 3.17. The van der Waals surface area contributed by atoms with E-state index in [1.54, 1.807) is 11.0 Å². The highest BCUT2D eigenvalue weighted by molar-refractivity contribution is 5.88. The molecule has 2 amide bonds. The molecule has 122 valence electrons. The molecule has 1 saturated heterocycles. The third-order valence-electron chi connectivity index (χ3n) is 4.42. The summed E-state index contributed by atoms with van der Waals surface area (Å²) < 4.78 is 5.04. The molecule has 0 aromatic carbocycles. The third kappa shape index (κ3) is 3.06. The van der Waals surface area contributed by atoms with Gasteiger partial charge in [0, 0.05) is 31.0 Å². The van der Waals surface area contributed by atoms with E-state index < -0.39 is 0 Å². The number of rotatable bonds is 3. The summed E-state index contributed by atoms with van der Waals surface area (Å²) >= 11 is 0. The molecule has 1 aliphatic carbocycles. The minimum atomic E-state index is -0.163. The number of aromatic amines is 1. The maximum Gasteiger partial charge on any atom is 0.324 e. The van der Waals surface area contributed by atoms with Crippen molar-refractivity contribution in [2.75, 3.05) is 18.4 Å². The number of nitrogens with zero attached hydrogens (tertiary/aromatic N) is 4. The molecule has 2 N–H and O–H groups in total. The van der Waals surface area contributed by atoms with Crippen molar-refractivity contribution in [3.8, 4) is 0 Å². The van der Waals surface area contributed by atoms with Gasteiger partial charge in [-0.3, -0.25) is 10.4 Å². The molecule has 8 nitrogen and oxygen atoms in total. The van der Waals surface area contributed by atoms with Gasteiger partial charge in [-0.2, -0.15) is 5.10 Å². The summed E-state index contributed by atoms with van der Waals surface area (Å²) in [7, 11) is 0. The van der Waals surface area contributed by atoms with Crippen LogP contribution in [0.25, 0.3) is 0 Å². The molecule has 0 radical (unpaired) electrons. The fraction of sp³-hybridized carbons (Fsp3) is 0.600. The summed E-state index contributed by atoms with van der Waals surface area (Å²) in [5, 5.41) is 13.9. The van der Waals surface area contributed by atoms with Gasteiger partial charge in [-0.1, -0.05) is 5.16 Å². The van der Waals surface area contributed by atoms with Gasteiger partial charge in [0.2, 0.25) is 5.88 Å². The van der Waals surface area contributed by atoms with Gasteiger partial charge in [0.25, 0.3) is 0 Å². The van der Waals surface area contributed by atoms with Gasteiger partial charge in [0.15, 0.2) is 5.82 Å². The van der Waals surface area contributed by atoms with Gasteiger partial charge in [0.05, 0.1) is 5.69 Å². The molecule has 23 heavy (non-hydrogen) atoms. The lowest BCUT2D eigenvalue weighted by atomic mass is 9.97. The van der Waals surface area contributed by atoms with Gasteiger partial charge in [-0.25, -0.2) is 9.78 Å². The fourth-order valence-electron chi connectivity index (χ4n) is 2.99. The van der Waals surface area contributed by atoms with Crippen LogP contribution in [0.5, 0.6) is 0 Å². The lowest BCUT2D eigenvalue weighted by Crippen LogP contribution is -2.41. The second-order valence-electron chi connectivity index (χ2n) is 6.40. The summed E-state index contributed by atoms with van der Waals surface area (Å²) in [5.41, 5.74) is 0.741. The number of piperidine rings is 1. The topological polar surface area (TPSA) is 99.9 Å². The normalized spacial score (nSPS) is 21.4. The maximum atomic E-state index is 12.4. The fourth-order valence-corrected chi connectivity index (χ4v) is 2.99. The molecule has 2 aliphatic rings. The number of hydrogen-bond donors (Lipinski definition) is 2. The Morgan fingerprint density at radius 1 is 1.39 bits per heavy atom. The highest BCUT2D eigenvalue weighted by Crippen LogP contribution is 2.38. The Balaban J connectivity index is 1.40. The second-order valence-corrected chi connectivity index (χ2v) is 6.40. The van der Waals surface area contributed by atoms with E-state index in [1.807, 2.05) is 6.92 Å². The standard InChI is InChI=1S/C15H20N6O2/c1-9-7-12(23-20-9)16-15(22)21-6-2-3-11(8-21)14-17-13(18-19-14)10-4-5-10/h7,10-11H,2-6,8H2,1H3,(H,16,22)(H,17,18,19). The van der Waals surface area contributed by atoms with Gasteiger partial charge in [-0.15, -0.1) is 0 Å². The zero-order chi connectivity index (χ0) is 15.8. The van der Waals surface area contributed by atoms with E-state index >= 15 is 0 Å². The number of amides is 2. The Morgan fingerprint density at radius 3 is 3.00 bits per heavy atom. The lowest BCUT2D eigenvalue weighted by Gasteiger charge is -2.31. The van der Waals surface area contributed by atoms with Crippen molar-refractivity contribution >= 4 is 11.9 Å². The van der Waals surface area contributed by atoms with E-state index in [0.717, 1.165) is 36.7 Å². The predicted octanol–water partition coefficient (Wildman–Crippen LogP) is 2.39. The molecule has 1 atom stereocenters. The van der Waals surface area contributed by atoms with Crippen molar-refractivity contribution in [3.63, 3.8) is 0 Å². The van der Waals surface area contributed by atoms with Crippen molar-refractivity contribution < 1.29 is 9.32 Å². The average molecular weight is 316 g/mol. The Kier molecular flexibility index (Phi) is 3.51. The number of anilines is 1. The van der Waals surface area contributed by atoms with Gasteiger partial charge >= 0.3 is 6.03 Å². The van der Waals surface area contributed by atoms with Gasteiger partial charge in [-0.05, 0) is 32.6 Å². The largest absolute Gasteiger partial charge is 0.338 e. The molecule has 3 heterocycles. The van der Waals surface area contributed by atoms with Crippen LogP contribution >= 0.6 is 0 Å². The molecule has 4 rings (SSSR count). The predicted molar refractivity (Wildman–Crippen MR) is 82.2 cm³/mol. The number of H-pyrrole nitrogens is 1. The first-order chi connectivity index (χ1) is 11.2. The molecular formula is C15H20N6O2. The Morgan fingerprint density at radius 2 is 2.26 bits per heavy atom. The minimum Gasteiger partial charge on any atom is -0.338 e. The number of aryl methyl sites for hydroxylation is 1. The number of aromatic nitrogens is 4. The summed E-state index contributed by atoms with van der Waals surface area (Å²) in [6.07, 6.45) is 4.35. The van der Waals surface area contributed by atoms with Crippen LogP contribution in [-0.4, -0.2) is 44.4 Å². The van der Waals surface area contributed by atoms with Gasteiger partial charge < -0.3 is 9.42 Å². The smallest absolute Gasteiger partial charge is 0.324 e. The number of hydrogen-bond acceptors (Lipinski definition) is 5. The molecule has 1 saturated carbocycles. The van der Waals surface area contributed by atoms with E-state index in [4.69, 9.17) is 4.52 Å². The number of carbonyl (C=O) groups is 1. The first-order valence-corrected chi connectivity index (χ1v) is 8.10. The second kappa shape index (κ2) is 5.68. The summed E-state index contributed by atoms with van der Waals surface area (Å²) in [5.74, 6) is 2.96. The van der Waals surface area contributed by atoms with Crippen LogP contribution in [0.1, 0.15) is 54.9 Å². The van der Waals surface area contributed by atoms with Crippen molar-refractivity contribution in [1.82, 2.24) is 25.2 Å². The monoisotopic (exact) mass is 316 g/mol. The zero-order valence-corrected chi connectivity index (χ0v) is 13.1. The van der Waals surface area contributed by atoms with E-state index in [-0.39, 0.29) is 11.9 Å². The van der Waals surface area contributed by atoms with E-state index in [2.05, 4.69) is 25.7 Å². The summed E-state index contributed by atoms with van der Waals surface area (Å²) in [6, 6.07) is 1.54. The zero-order valence-electron chi connectivity index (χ0n) is 13.1. The van der Waals surface area contributed by atoms with Crippen LogP contribution < -0.4 is 5.32 Å². The molecule has 2 aromatic rings. The van der Waals surface area contributed by atoms with Crippen LogP contribution in [0.15, 0.2) is 10.6 Å². The molecular weight excluding hydrogens is 296 g/mol. The molecule has 0 spiro atoms. The van der Waals surface area contributed by atoms with Crippen molar-refractivity contribution in [3.05, 3.63) is 23.4 Å². The Hall–Kier alpha value is -2.38. The number of carbonyl (C=O) groups excluding carboxylic acids is 1. The Bertz CT molecular complexity index is 704. The number of nitrogens with one attached hydrogen (secondary N) is 2. The highest BCUT2D eigenvalue weighted by atomic mass is 16.5. The van der Waals surface area contributed by atoms with E-state index in [9.17, 15) is 4.79 Å². The quantitative estimate of drug-likeness (QED) is 0.905. The first-order valence-electron chi connectivity index (χ1n) is 8.10. The molecule has 1 aliphatic heterocycles. The minimum absolute atomic E-state index is 0.163.